The molecule has 0 aliphatic carbocycles. The summed E-state index contributed by atoms with van der Waals surface area (Å²) in [6, 6.07) is 3.34. The molecule has 0 spiro atoms. The van der Waals surface area contributed by atoms with Crippen molar-refractivity contribution in [3.8, 4) is 0 Å². The molecule has 3 heteroatoms. The minimum absolute atomic E-state index is 0.160. The summed E-state index contributed by atoms with van der Waals surface area (Å²) in [5.74, 6) is -0.401. The molecule has 0 amide bonds. The van der Waals surface area contributed by atoms with Crippen molar-refractivity contribution in [1.82, 2.24) is 4.98 Å². The summed E-state index contributed by atoms with van der Waals surface area (Å²) in [7, 11) is 0. The first kappa shape index (κ1) is 11.5. The summed E-state index contributed by atoms with van der Waals surface area (Å²) in [5, 5.41) is 0. The van der Waals surface area contributed by atoms with Crippen molar-refractivity contribution in [2.75, 3.05) is 13.2 Å². The second-order valence-corrected chi connectivity index (χ2v) is 4.51. The highest BCUT2D eigenvalue weighted by atomic mass is 19.1. The topological polar surface area (TPSA) is 22.1 Å². The summed E-state index contributed by atoms with van der Waals surface area (Å²) >= 11 is 0. The first-order valence-corrected chi connectivity index (χ1v) is 5.97. The zero-order valence-corrected chi connectivity index (χ0v) is 9.71. The van der Waals surface area contributed by atoms with E-state index in [1.54, 1.807) is 6.20 Å². The molecule has 0 radical (unpaired) electrons. The highest BCUT2D eigenvalue weighted by Crippen LogP contribution is 2.38. The lowest BCUT2D eigenvalue weighted by Gasteiger charge is -2.37. The van der Waals surface area contributed by atoms with Crippen LogP contribution in [0.3, 0.4) is 0 Å². The summed E-state index contributed by atoms with van der Waals surface area (Å²) in [6.07, 6.45) is 6.00. The van der Waals surface area contributed by atoms with E-state index in [1.807, 2.05) is 6.07 Å². The molecule has 0 saturated carbocycles. The third-order valence-electron chi connectivity index (χ3n) is 3.52. The van der Waals surface area contributed by atoms with Gasteiger partial charge in [-0.15, -0.1) is 0 Å². The van der Waals surface area contributed by atoms with Gasteiger partial charge in [-0.2, -0.15) is 4.39 Å². The number of nitrogens with zero attached hydrogens (tertiary/aromatic N) is 1. The maximum absolute atomic E-state index is 12.8. The molecule has 1 saturated heterocycles. The van der Waals surface area contributed by atoms with Crippen LogP contribution in [0.15, 0.2) is 18.3 Å². The summed E-state index contributed by atoms with van der Waals surface area (Å²) < 4.78 is 18.3. The Morgan fingerprint density at radius 2 is 2.12 bits per heavy atom. The molecule has 0 atom stereocenters. The number of ether oxygens (including phenoxy) is 1. The fourth-order valence-electron chi connectivity index (χ4n) is 2.61. The Morgan fingerprint density at radius 1 is 1.38 bits per heavy atom. The van der Waals surface area contributed by atoms with Gasteiger partial charge in [-0.25, -0.2) is 4.98 Å². The van der Waals surface area contributed by atoms with Crippen molar-refractivity contribution in [3.63, 3.8) is 0 Å². The zero-order valence-electron chi connectivity index (χ0n) is 9.71. The normalized spacial score (nSPS) is 19.6. The third kappa shape index (κ3) is 2.24. The maximum Gasteiger partial charge on any atom is 0.212 e. The van der Waals surface area contributed by atoms with Gasteiger partial charge in [-0.1, -0.05) is 19.4 Å². The Labute approximate surface area is 95.8 Å². The van der Waals surface area contributed by atoms with Gasteiger partial charge in [0.25, 0.3) is 0 Å². The van der Waals surface area contributed by atoms with E-state index in [0.29, 0.717) is 0 Å². The highest BCUT2D eigenvalue weighted by molar-refractivity contribution is 5.22. The van der Waals surface area contributed by atoms with E-state index in [4.69, 9.17) is 4.74 Å². The molecule has 88 valence electrons. The van der Waals surface area contributed by atoms with E-state index in [1.165, 1.54) is 11.6 Å². The molecule has 2 rings (SSSR count). The third-order valence-corrected chi connectivity index (χ3v) is 3.52. The molecular weight excluding hydrogens is 205 g/mol. The SMILES string of the molecule is CCCC1(c2ccc(F)nc2)CCOCC1. The molecule has 2 heterocycles. The van der Waals surface area contributed by atoms with E-state index >= 15 is 0 Å². The Morgan fingerprint density at radius 3 is 2.69 bits per heavy atom. The summed E-state index contributed by atoms with van der Waals surface area (Å²) in [5.41, 5.74) is 1.33. The van der Waals surface area contributed by atoms with Crippen LogP contribution in [0.25, 0.3) is 0 Å². The van der Waals surface area contributed by atoms with Crippen molar-refractivity contribution >= 4 is 0 Å². The van der Waals surface area contributed by atoms with E-state index in [2.05, 4.69) is 11.9 Å². The lowest BCUT2D eigenvalue weighted by Crippen LogP contribution is -2.33. The van der Waals surface area contributed by atoms with Crippen molar-refractivity contribution in [2.45, 2.75) is 38.0 Å². The minimum Gasteiger partial charge on any atom is -0.381 e. The van der Waals surface area contributed by atoms with Gasteiger partial charge in [-0.3, -0.25) is 0 Å². The van der Waals surface area contributed by atoms with Crippen LogP contribution in [-0.4, -0.2) is 18.2 Å². The van der Waals surface area contributed by atoms with Crippen molar-refractivity contribution in [1.29, 1.82) is 0 Å². The van der Waals surface area contributed by atoms with Gasteiger partial charge in [-0.05, 0) is 30.9 Å². The lowest BCUT2D eigenvalue weighted by atomic mass is 9.72. The molecule has 1 fully saturated rings. The molecule has 1 aliphatic rings. The quantitative estimate of drug-likeness (QED) is 0.735. The molecule has 1 aromatic heterocycles. The fourth-order valence-corrected chi connectivity index (χ4v) is 2.61. The Bertz CT molecular complexity index is 325. The zero-order chi connectivity index (χ0) is 11.4. The van der Waals surface area contributed by atoms with E-state index in [9.17, 15) is 4.39 Å². The Balaban J connectivity index is 2.26. The van der Waals surface area contributed by atoms with Gasteiger partial charge >= 0.3 is 0 Å². The number of halogens is 1. The van der Waals surface area contributed by atoms with Gasteiger partial charge in [0.1, 0.15) is 0 Å². The monoisotopic (exact) mass is 223 g/mol. The average molecular weight is 223 g/mol. The van der Waals surface area contributed by atoms with Crippen LogP contribution >= 0.6 is 0 Å². The predicted molar refractivity (Wildman–Crippen MR) is 60.8 cm³/mol. The van der Waals surface area contributed by atoms with Crippen LogP contribution in [-0.2, 0) is 10.2 Å². The van der Waals surface area contributed by atoms with Gasteiger partial charge in [0.2, 0.25) is 5.95 Å². The van der Waals surface area contributed by atoms with Crippen LogP contribution in [0, 0.1) is 5.95 Å². The van der Waals surface area contributed by atoms with Crippen molar-refractivity contribution < 1.29 is 9.13 Å². The molecule has 16 heavy (non-hydrogen) atoms. The van der Waals surface area contributed by atoms with Crippen LogP contribution in [0.4, 0.5) is 4.39 Å². The highest BCUT2D eigenvalue weighted by Gasteiger charge is 2.33. The molecule has 0 N–H and O–H groups in total. The second kappa shape index (κ2) is 4.91. The van der Waals surface area contributed by atoms with E-state index < -0.39 is 5.95 Å². The maximum atomic E-state index is 12.8. The summed E-state index contributed by atoms with van der Waals surface area (Å²) in [4.78, 5) is 3.77. The average Bonchev–Trinajstić information content (AvgIpc) is 2.31. The van der Waals surface area contributed by atoms with Gasteiger partial charge in [0.05, 0.1) is 0 Å². The van der Waals surface area contributed by atoms with Gasteiger partial charge in [0.15, 0.2) is 0 Å². The Kier molecular flexibility index (Phi) is 3.54. The van der Waals surface area contributed by atoms with Gasteiger partial charge < -0.3 is 4.74 Å². The predicted octanol–water partition coefficient (Wildman–Crippen LogP) is 3.07. The van der Waals surface area contributed by atoms with Crippen LogP contribution in [0.1, 0.15) is 38.2 Å². The molecule has 0 bridgehead atoms. The van der Waals surface area contributed by atoms with Gasteiger partial charge in [0, 0.05) is 24.8 Å². The first-order valence-electron chi connectivity index (χ1n) is 5.97. The first-order chi connectivity index (χ1) is 7.77. The van der Waals surface area contributed by atoms with E-state index in [0.717, 1.165) is 38.9 Å². The molecule has 1 aliphatic heterocycles. The van der Waals surface area contributed by atoms with Crippen LogP contribution in [0.2, 0.25) is 0 Å². The number of hydrogen-bond donors (Lipinski definition) is 0. The molecule has 0 unspecified atom stereocenters. The molecule has 0 aromatic carbocycles. The minimum atomic E-state index is -0.401. The fraction of sp³-hybridized carbons (Fsp3) is 0.615. The number of pyridine rings is 1. The number of aromatic nitrogens is 1. The lowest BCUT2D eigenvalue weighted by molar-refractivity contribution is 0.0463. The van der Waals surface area contributed by atoms with Crippen molar-refractivity contribution in [3.05, 3.63) is 29.8 Å². The largest absolute Gasteiger partial charge is 0.381 e. The molecular formula is C13H18FNO. The van der Waals surface area contributed by atoms with Crippen LogP contribution < -0.4 is 0 Å². The standard InChI is InChI=1S/C13H18FNO/c1-2-5-13(6-8-16-9-7-13)11-3-4-12(14)15-10-11/h3-4,10H,2,5-9H2,1H3. The Hall–Kier alpha value is -0.960. The molecule has 1 aromatic rings. The number of rotatable bonds is 3. The summed E-state index contributed by atoms with van der Waals surface area (Å²) in [6.45, 7) is 3.79. The number of hydrogen-bond acceptors (Lipinski definition) is 2. The molecule has 2 nitrogen and oxygen atoms in total. The second-order valence-electron chi connectivity index (χ2n) is 4.51. The smallest absolute Gasteiger partial charge is 0.212 e. The van der Waals surface area contributed by atoms with E-state index in [-0.39, 0.29) is 5.41 Å². The van der Waals surface area contributed by atoms with Crippen LogP contribution in [0.5, 0.6) is 0 Å². The van der Waals surface area contributed by atoms with Crippen molar-refractivity contribution in [2.24, 2.45) is 0 Å².